The van der Waals surface area contributed by atoms with E-state index in [2.05, 4.69) is 4.98 Å². The van der Waals surface area contributed by atoms with Crippen LogP contribution in [-0.4, -0.2) is 25.8 Å². The standard InChI is InChI=1S/C19H24N4O3/c1-5-10-21-12-20-17-16(21)18(24)22(11-13(2)3)19(25)23(17)14-8-6-7-9-15(14)26-4/h6-9,12-13H,5,10-11H2,1-4H3. The molecule has 0 saturated heterocycles. The van der Waals surface area contributed by atoms with Crippen molar-refractivity contribution in [2.45, 2.75) is 40.3 Å². The van der Waals surface area contributed by atoms with Gasteiger partial charge in [-0.2, -0.15) is 0 Å². The van der Waals surface area contributed by atoms with Crippen LogP contribution >= 0.6 is 0 Å². The topological polar surface area (TPSA) is 71.0 Å². The summed E-state index contributed by atoms with van der Waals surface area (Å²) in [7, 11) is 1.56. The molecule has 0 radical (unpaired) electrons. The molecular weight excluding hydrogens is 332 g/mol. The van der Waals surface area contributed by atoms with Crippen LogP contribution in [0.5, 0.6) is 5.75 Å². The molecule has 0 aliphatic rings. The highest BCUT2D eigenvalue weighted by atomic mass is 16.5. The number of imidazole rings is 1. The Hall–Kier alpha value is -2.83. The summed E-state index contributed by atoms with van der Waals surface area (Å²) in [5.74, 6) is 0.710. The molecule has 0 spiro atoms. The Kier molecular flexibility index (Phi) is 4.97. The third kappa shape index (κ3) is 2.94. The highest BCUT2D eigenvalue weighted by Gasteiger charge is 2.21. The largest absolute Gasteiger partial charge is 0.495 e. The zero-order valence-electron chi connectivity index (χ0n) is 15.6. The lowest BCUT2D eigenvalue weighted by Crippen LogP contribution is -2.41. The fraction of sp³-hybridized carbons (Fsp3) is 0.421. The maximum atomic E-state index is 13.2. The predicted molar refractivity (Wildman–Crippen MR) is 101 cm³/mol. The first kappa shape index (κ1) is 18.0. The van der Waals surface area contributed by atoms with Gasteiger partial charge in [-0.25, -0.2) is 14.3 Å². The molecule has 7 nitrogen and oxygen atoms in total. The van der Waals surface area contributed by atoms with Crippen molar-refractivity contribution in [1.29, 1.82) is 0 Å². The molecule has 0 unspecified atom stereocenters. The van der Waals surface area contributed by atoms with Crippen LogP contribution in [0.1, 0.15) is 27.2 Å². The average molecular weight is 356 g/mol. The van der Waals surface area contributed by atoms with Crippen molar-refractivity contribution in [3.63, 3.8) is 0 Å². The van der Waals surface area contributed by atoms with Crippen LogP contribution in [0.3, 0.4) is 0 Å². The Morgan fingerprint density at radius 2 is 1.92 bits per heavy atom. The van der Waals surface area contributed by atoms with Gasteiger partial charge in [-0.05, 0) is 24.5 Å². The van der Waals surface area contributed by atoms with Crippen molar-refractivity contribution in [2.75, 3.05) is 7.11 Å². The normalized spacial score (nSPS) is 11.4. The summed E-state index contributed by atoms with van der Waals surface area (Å²) < 4.78 is 10.0. The lowest BCUT2D eigenvalue weighted by Gasteiger charge is -2.15. The molecule has 138 valence electrons. The van der Waals surface area contributed by atoms with Crippen LogP contribution in [0, 0.1) is 5.92 Å². The molecule has 0 atom stereocenters. The Balaban J connectivity index is 2.45. The van der Waals surface area contributed by atoms with Gasteiger partial charge in [0.05, 0.1) is 19.1 Å². The van der Waals surface area contributed by atoms with E-state index >= 15 is 0 Å². The minimum atomic E-state index is -0.401. The first-order valence-electron chi connectivity index (χ1n) is 8.83. The molecule has 1 aromatic carbocycles. The molecule has 0 N–H and O–H groups in total. The number of ether oxygens (including phenoxy) is 1. The molecule has 0 bridgehead atoms. The molecule has 0 amide bonds. The van der Waals surface area contributed by atoms with E-state index in [1.54, 1.807) is 25.6 Å². The number of nitrogens with zero attached hydrogens (tertiary/aromatic N) is 4. The summed E-state index contributed by atoms with van der Waals surface area (Å²) in [5, 5.41) is 0. The number of para-hydroxylation sites is 2. The summed E-state index contributed by atoms with van der Waals surface area (Å²) >= 11 is 0. The van der Waals surface area contributed by atoms with Gasteiger partial charge in [0.15, 0.2) is 11.2 Å². The summed E-state index contributed by atoms with van der Waals surface area (Å²) in [5.41, 5.74) is 0.679. The minimum Gasteiger partial charge on any atom is -0.495 e. The van der Waals surface area contributed by atoms with Gasteiger partial charge in [-0.15, -0.1) is 0 Å². The molecule has 26 heavy (non-hydrogen) atoms. The highest BCUT2D eigenvalue weighted by molar-refractivity contribution is 5.73. The summed E-state index contributed by atoms with van der Waals surface area (Å²) in [6.07, 6.45) is 2.49. The molecule has 0 aliphatic carbocycles. The number of rotatable bonds is 6. The number of fused-ring (bicyclic) bond motifs is 1. The van der Waals surface area contributed by atoms with E-state index in [4.69, 9.17) is 4.74 Å². The number of aryl methyl sites for hydroxylation is 1. The smallest absolute Gasteiger partial charge is 0.337 e. The van der Waals surface area contributed by atoms with Crippen molar-refractivity contribution < 1.29 is 4.74 Å². The second-order valence-corrected chi connectivity index (χ2v) is 6.71. The van der Waals surface area contributed by atoms with Gasteiger partial charge < -0.3 is 9.30 Å². The third-order valence-corrected chi connectivity index (χ3v) is 4.24. The number of methoxy groups -OCH3 is 1. The van der Waals surface area contributed by atoms with E-state index in [0.717, 1.165) is 6.42 Å². The lowest BCUT2D eigenvalue weighted by atomic mass is 10.2. The fourth-order valence-electron chi connectivity index (χ4n) is 3.15. The maximum absolute atomic E-state index is 13.2. The van der Waals surface area contributed by atoms with E-state index in [1.807, 2.05) is 37.5 Å². The van der Waals surface area contributed by atoms with Crippen molar-refractivity contribution in [2.24, 2.45) is 5.92 Å². The van der Waals surface area contributed by atoms with E-state index < -0.39 is 5.69 Å². The Labute approximate surface area is 151 Å². The first-order chi connectivity index (χ1) is 12.5. The molecule has 3 rings (SSSR count). The van der Waals surface area contributed by atoms with E-state index in [9.17, 15) is 9.59 Å². The molecule has 0 saturated carbocycles. The van der Waals surface area contributed by atoms with Gasteiger partial charge >= 0.3 is 5.69 Å². The molecule has 2 aromatic heterocycles. The third-order valence-electron chi connectivity index (χ3n) is 4.24. The summed E-state index contributed by atoms with van der Waals surface area (Å²) in [4.78, 5) is 30.6. The minimum absolute atomic E-state index is 0.159. The van der Waals surface area contributed by atoms with Crippen LogP contribution in [0.4, 0.5) is 0 Å². The molecule has 7 heteroatoms. The summed E-state index contributed by atoms with van der Waals surface area (Å²) in [6.45, 7) is 7.01. The monoisotopic (exact) mass is 356 g/mol. The van der Waals surface area contributed by atoms with Crippen LogP contribution in [0.2, 0.25) is 0 Å². The Morgan fingerprint density at radius 3 is 2.58 bits per heavy atom. The van der Waals surface area contributed by atoms with Crippen molar-refractivity contribution in [3.05, 3.63) is 51.4 Å². The number of hydrogen-bond donors (Lipinski definition) is 0. The quantitative estimate of drug-likeness (QED) is 0.680. The van der Waals surface area contributed by atoms with Crippen LogP contribution < -0.4 is 16.0 Å². The second-order valence-electron chi connectivity index (χ2n) is 6.71. The molecule has 2 heterocycles. The van der Waals surface area contributed by atoms with Gasteiger partial charge in [0.2, 0.25) is 0 Å². The number of benzene rings is 1. The lowest BCUT2D eigenvalue weighted by molar-refractivity contribution is 0.411. The van der Waals surface area contributed by atoms with Gasteiger partial charge in [0.25, 0.3) is 5.56 Å². The zero-order valence-corrected chi connectivity index (χ0v) is 15.6. The van der Waals surface area contributed by atoms with Gasteiger partial charge in [0, 0.05) is 13.1 Å². The fourth-order valence-corrected chi connectivity index (χ4v) is 3.15. The SMILES string of the molecule is CCCn1cnc2c1c(=O)n(CC(C)C)c(=O)n2-c1ccccc1OC. The molecular formula is C19H24N4O3. The maximum Gasteiger partial charge on any atom is 0.337 e. The zero-order chi connectivity index (χ0) is 18.8. The van der Waals surface area contributed by atoms with Crippen LogP contribution in [0.15, 0.2) is 40.2 Å². The number of hydrogen-bond acceptors (Lipinski definition) is 4. The molecule has 0 fully saturated rings. The number of aromatic nitrogens is 4. The molecule has 0 aliphatic heterocycles. The van der Waals surface area contributed by atoms with Gasteiger partial charge in [0.1, 0.15) is 5.75 Å². The van der Waals surface area contributed by atoms with Gasteiger partial charge in [-0.3, -0.25) is 9.36 Å². The Bertz CT molecular complexity index is 1040. The Morgan fingerprint density at radius 1 is 1.19 bits per heavy atom. The van der Waals surface area contributed by atoms with E-state index in [-0.39, 0.29) is 11.5 Å². The van der Waals surface area contributed by atoms with Crippen molar-refractivity contribution >= 4 is 11.2 Å². The van der Waals surface area contributed by atoms with E-state index in [0.29, 0.717) is 35.7 Å². The van der Waals surface area contributed by atoms with Crippen molar-refractivity contribution in [3.8, 4) is 11.4 Å². The first-order valence-corrected chi connectivity index (χ1v) is 8.83. The van der Waals surface area contributed by atoms with E-state index in [1.165, 1.54) is 9.13 Å². The molecule has 3 aromatic rings. The summed E-state index contributed by atoms with van der Waals surface area (Å²) in [6, 6.07) is 7.25. The van der Waals surface area contributed by atoms with Crippen LogP contribution in [0.25, 0.3) is 16.9 Å². The second kappa shape index (κ2) is 7.19. The van der Waals surface area contributed by atoms with Crippen molar-refractivity contribution in [1.82, 2.24) is 18.7 Å². The highest BCUT2D eigenvalue weighted by Crippen LogP contribution is 2.23. The van der Waals surface area contributed by atoms with Gasteiger partial charge in [-0.1, -0.05) is 32.9 Å². The predicted octanol–water partition coefficient (Wildman–Crippen LogP) is 2.42. The average Bonchev–Trinajstić information content (AvgIpc) is 3.03. The van der Waals surface area contributed by atoms with Crippen LogP contribution in [-0.2, 0) is 13.1 Å².